The molecule has 0 atom stereocenters. The first-order chi connectivity index (χ1) is 15.0. The van der Waals surface area contributed by atoms with Crippen molar-refractivity contribution >= 4 is 35.1 Å². The summed E-state index contributed by atoms with van der Waals surface area (Å²) in [5, 5.41) is 0. The molecule has 0 bridgehead atoms. The summed E-state index contributed by atoms with van der Waals surface area (Å²) in [4.78, 5) is 39.4. The van der Waals surface area contributed by atoms with E-state index in [2.05, 4.69) is 0 Å². The number of carbonyl (C=O) groups is 3. The molecule has 3 aromatic rings. The SMILES string of the molecule is CCOC(=O)c1ccc(N2C(=O)/C(=C\c3cccc(F)c3)c3ccccc3C2=O)cc1. The molecule has 0 fully saturated rings. The third-order valence-electron chi connectivity index (χ3n) is 4.88. The number of anilines is 1. The molecule has 0 unspecified atom stereocenters. The van der Waals surface area contributed by atoms with E-state index in [-0.39, 0.29) is 12.2 Å². The van der Waals surface area contributed by atoms with Crippen LogP contribution in [0.5, 0.6) is 0 Å². The van der Waals surface area contributed by atoms with Gasteiger partial charge in [-0.3, -0.25) is 9.59 Å². The largest absolute Gasteiger partial charge is 0.462 e. The topological polar surface area (TPSA) is 63.7 Å². The maximum atomic E-state index is 13.7. The molecule has 1 aliphatic heterocycles. The van der Waals surface area contributed by atoms with Gasteiger partial charge in [0.2, 0.25) is 0 Å². The maximum Gasteiger partial charge on any atom is 0.338 e. The van der Waals surface area contributed by atoms with Crippen LogP contribution in [0.1, 0.15) is 38.8 Å². The molecule has 4 rings (SSSR count). The van der Waals surface area contributed by atoms with Gasteiger partial charge in [-0.2, -0.15) is 0 Å². The Labute approximate surface area is 178 Å². The normalized spacial score (nSPS) is 14.5. The zero-order valence-electron chi connectivity index (χ0n) is 16.7. The Morgan fingerprint density at radius 2 is 1.65 bits per heavy atom. The van der Waals surface area contributed by atoms with Gasteiger partial charge in [0.05, 0.1) is 17.9 Å². The van der Waals surface area contributed by atoms with E-state index in [4.69, 9.17) is 4.74 Å². The second-order valence-corrected chi connectivity index (χ2v) is 6.87. The second kappa shape index (κ2) is 8.36. The van der Waals surface area contributed by atoms with Gasteiger partial charge >= 0.3 is 5.97 Å². The minimum Gasteiger partial charge on any atom is -0.462 e. The highest BCUT2D eigenvalue weighted by Gasteiger charge is 2.35. The fourth-order valence-corrected chi connectivity index (χ4v) is 3.45. The van der Waals surface area contributed by atoms with E-state index in [1.807, 2.05) is 0 Å². The highest BCUT2D eigenvalue weighted by molar-refractivity contribution is 6.43. The van der Waals surface area contributed by atoms with Gasteiger partial charge in [0.15, 0.2) is 0 Å². The fraction of sp³-hybridized carbons (Fsp3) is 0.0800. The zero-order valence-corrected chi connectivity index (χ0v) is 16.7. The summed E-state index contributed by atoms with van der Waals surface area (Å²) in [6, 6.07) is 18.7. The average Bonchev–Trinajstić information content (AvgIpc) is 2.77. The lowest BCUT2D eigenvalue weighted by molar-refractivity contribution is -0.112. The van der Waals surface area contributed by atoms with Gasteiger partial charge in [-0.1, -0.05) is 30.3 Å². The van der Waals surface area contributed by atoms with E-state index in [0.29, 0.717) is 27.9 Å². The monoisotopic (exact) mass is 415 g/mol. The summed E-state index contributed by atoms with van der Waals surface area (Å²) in [6.45, 7) is 1.95. The summed E-state index contributed by atoms with van der Waals surface area (Å²) in [5.41, 5.74) is 2.27. The molecule has 1 aliphatic rings. The molecule has 154 valence electrons. The Morgan fingerprint density at radius 1 is 0.935 bits per heavy atom. The second-order valence-electron chi connectivity index (χ2n) is 6.87. The average molecular weight is 415 g/mol. The number of hydrogen-bond donors (Lipinski definition) is 0. The highest BCUT2D eigenvalue weighted by Crippen LogP contribution is 2.33. The first-order valence-electron chi connectivity index (χ1n) is 9.72. The summed E-state index contributed by atoms with van der Waals surface area (Å²) in [6.07, 6.45) is 1.57. The number of nitrogens with zero attached hydrogens (tertiary/aromatic N) is 1. The van der Waals surface area contributed by atoms with E-state index in [0.717, 1.165) is 4.90 Å². The molecular formula is C25H18FNO4. The van der Waals surface area contributed by atoms with Gasteiger partial charge in [-0.15, -0.1) is 0 Å². The quantitative estimate of drug-likeness (QED) is 0.351. The number of hydrogen-bond acceptors (Lipinski definition) is 4. The van der Waals surface area contributed by atoms with Crippen molar-refractivity contribution in [2.24, 2.45) is 0 Å². The lowest BCUT2D eigenvalue weighted by Crippen LogP contribution is -2.41. The third kappa shape index (κ3) is 3.88. The van der Waals surface area contributed by atoms with Crippen molar-refractivity contribution in [3.05, 3.63) is 101 Å². The number of rotatable bonds is 4. The van der Waals surface area contributed by atoms with E-state index in [1.165, 1.54) is 36.4 Å². The van der Waals surface area contributed by atoms with Crippen LogP contribution in [-0.2, 0) is 9.53 Å². The van der Waals surface area contributed by atoms with Gasteiger partial charge in [-0.25, -0.2) is 14.1 Å². The molecule has 31 heavy (non-hydrogen) atoms. The molecule has 0 aromatic heterocycles. The number of benzene rings is 3. The summed E-state index contributed by atoms with van der Waals surface area (Å²) in [7, 11) is 0. The van der Waals surface area contributed by atoms with Crippen molar-refractivity contribution in [2.45, 2.75) is 6.92 Å². The van der Waals surface area contributed by atoms with Crippen molar-refractivity contribution in [3.63, 3.8) is 0 Å². The minimum atomic E-state index is -0.531. The van der Waals surface area contributed by atoms with Crippen LogP contribution in [-0.4, -0.2) is 24.4 Å². The molecular weight excluding hydrogens is 397 g/mol. The first-order valence-corrected chi connectivity index (χ1v) is 9.72. The Morgan fingerprint density at radius 3 is 2.32 bits per heavy atom. The number of ether oxygens (including phenoxy) is 1. The molecule has 2 amide bonds. The maximum absolute atomic E-state index is 13.7. The predicted octanol–water partition coefficient (Wildman–Crippen LogP) is 4.73. The van der Waals surface area contributed by atoms with Crippen molar-refractivity contribution in [3.8, 4) is 0 Å². The predicted molar refractivity (Wildman–Crippen MR) is 115 cm³/mol. The van der Waals surface area contributed by atoms with Crippen LogP contribution < -0.4 is 4.90 Å². The van der Waals surface area contributed by atoms with Gasteiger partial charge in [0.1, 0.15) is 5.82 Å². The van der Waals surface area contributed by atoms with Crippen molar-refractivity contribution in [1.82, 2.24) is 0 Å². The summed E-state index contributed by atoms with van der Waals surface area (Å²) < 4.78 is 18.6. The highest BCUT2D eigenvalue weighted by atomic mass is 19.1. The molecule has 0 saturated carbocycles. The molecule has 6 heteroatoms. The van der Waals surface area contributed by atoms with Crippen LogP contribution in [0, 0.1) is 5.82 Å². The Balaban J connectivity index is 1.79. The van der Waals surface area contributed by atoms with Crippen LogP contribution in [0.25, 0.3) is 11.6 Å². The number of imide groups is 1. The number of amides is 2. The standard InChI is InChI=1S/C25H18FNO4/c1-2-31-25(30)17-10-12-19(13-11-17)27-23(28)21-9-4-3-8-20(21)22(24(27)29)15-16-6-5-7-18(26)14-16/h3-15H,2H2,1H3/b22-15-. The van der Waals surface area contributed by atoms with E-state index in [9.17, 15) is 18.8 Å². The third-order valence-corrected chi connectivity index (χ3v) is 4.88. The van der Waals surface area contributed by atoms with Crippen molar-refractivity contribution < 1.29 is 23.5 Å². The summed E-state index contributed by atoms with van der Waals surface area (Å²) >= 11 is 0. The van der Waals surface area contributed by atoms with Gasteiger partial charge in [0, 0.05) is 11.1 Å². The van der Waals surface area contributed by atoms with Crippen LogP contribution in [0.4, 0.5) is 10.1 Å². The molecule has 0 saturated heterocycles. The van der Waals surface area contributed by atoms with Crippen LogP contribution in [0.3, 0.4) is 0 Å². The molecule has 1 heterocycles. The number of fused-ring (bicyclic) bond motifs is 1. The van der Waals surface area contributed by atoms with E-state index < -0.39 is 23.6 Å². The Bertz CT molecular complexity index is 1210. The minimum absolute atomic E-state index is 0.245. The van der Waals surface area contributed by atoms with Crippen molar-refractivity contribution in [1.29, 1.82) is 0 Å². The molecule has 5 nitrogen and oxygen atoms in total. The van der Waals surface area contributed by atoms with E-state index >= 15 is 0 Å². The molecule has 3 aromatic carbocycles. The van der Waals surface area contributed by atoms with Crippen molar-refractivity contribution in [2.75, 3.05) is 11.5 Å². The zero-order chi connectivity index (χ0) is 22.0. The number of esters is 1. The Hall–Kier alpha value is -4.06. The van der Waals surface area contributed by atoms with Crippen LogP contribution >= 0.6 is 0 Å². The number of carbonyl (C=O) groups excluding carboxylic acids is 3. The molecule has 0 N–H and O–H groups in total. The fourth-order valence-electron chi connectivity index (χ4n) is 3.45. The molecule has 0 radical (unpaired) electrons. The smallest absolute Gasteiger partial charge is 0.338 e. The summed E-state index contributed by atoms with van der Waals surface area (Å²) in [5.74, 6) is -1.91. The lowest BCUT2D eigenvalue weighted by Gasteiger charge is -2.28. The van der Waals surface area contributed by atoms with Gasteiger partial charge in [0.25, 0.3) is 11.8 Å². The molecule has 0 spiro atoms. The Kier molecular flexibility index (Phi) is 5.45. The number of halogens is 1. The van der Waals surface area contributed by atoms with Crippen LogP contribution in [0.2, 0.25) is 0 Å². The lowest BCUT2D eigenvalue weighted by atomic mass is 9.91. The van der Waals surface area contributed by atoms with Gasteiger partial charge < -0.3 is 4.74 Å². The molecule has 0 aliphatic carbocycles. The van der Waals surface area contributed by atoms with Gasteiger partial charge in [-0.05, 0) is 66.6 Å². The van der Waals surface area contributed by atoms with Crippen LogP contribution in [0.15, 0.2) is 72.8 Å². The van der Waals surface area contributed by atoms with E-state index in [1.54, 1.807) is 49.4 Å². The first kappa shape index (κ1) is 20.2.